The minimum Gasteiger partial charge on any atom is -0.481 e. The number of carboxylic acid groups (broad SMARTS) is 1. The van der Waals surface area contributed by atoms with Crippen molar-refractivity contribution in [3.63, 3.8) is 0 Å². The smallest absolute Gasteiger partial charge is 0.317 e. The first-order valence-corrected chi connectivity index (χ1v) is 8.02. The molecule has 0 heterocycles. The molecule has 0 aliphatic carbocycles. The maximum Gasteiger partial charge on any atom is 0.317 e. The van der Waals surface area contributed by atoms with E-state index in [-0.39, 0.29) is 24.5 Å². The van der Waals surface area contributed by atoms with Gasteiger partial charge < -0.3 is 15.3 Å². The lowest BCUT2D eigenvalue weighted by molar-refractivity contribution is -0.138. The Morgan fingerprint density at radius 2 is 1.89 bits per heavy atom. The average Bonchev–Trinajstić information content (AvgIpc) is 2.28. The van der Waals surface area contributed by atoms with E-state index in [1.54, 1.807) is 20.8 Å². The first-order chi connectivity index (χ1) is 8.73. The normalized spacial score (nSPS) is 12.8. The maximum absolute atomic E-state index is 11.8. The molecule has 0 aromatic rings. The van der Waals surface area contributed by atoms with E-state index in [2.05, 4.69) is 5.32 Å². The third-order valence-corrected chi connectivity index (χ3v) is 4.44. The summed E-state index contributed by atoms with van der Waals surface area (Å²) in [6.45, 7) is 5.32. The number of sulfone groups is 1. The molecule has 1 unspecified atom stereocenters. The molecular weight excluding hydrogens is 272 g/mol. The summed E-state index contributed by atoms with van der Waals surface area (Å²) >= 11 is 0. The molecular formula is C11H22N2O5S. The first kappa shape index (κ1) is 17.7. The zero-order valence-electron chi connectivity index (χ0n) is 11.5. The van der Waals surface area contributed by atoms with E-state index in [0.29, 0.717) is 6.54 Å². The summed E-state index contributed by atoms with van der Waals surface area (Å²) in [5.74, 6) is -1.05. The van der Waals surface area contributed by atoms with E-state index >= 15 is 0 Å². The van der Waals surface area contributed by atoms with Gasteiger partial charge in [-0.25, -0.2) is 13.2 Å². The Hall–Kier alpha value is -1.31. The van der Waals surface area contributed by atoms with Gasteiger partial charge in [0.05, 0.1) is 12.2 Å². The minimum atomic E-state index is -3.11. The number of nitrogens with zero attached hydrogens (tertiary/aromatic N) is 1. The third-order valence-electron chi connectivity index (χ3n) is 2.73. The number of hydrogen-bond acceptors (Lipinski definition) is 4. The Bertz CT molecular complexity index is 407. The summed E-state index contributed by atoms with van der Waals surface area (Å²) in [5, 5.41) is 11.2. The highest BCUT2D eigenvalue weighted by Crippen LogP contribution is 2.04. The molecule has 0 rings (SSSR count). The monoisotopic (exact) mass is 294 g/mol. The van der Waals surface area contributed by atoms with Crippen molar-refractivity contribution in [2.45, 2.75) is 33.2 Å². The van der Waals surface area contributed by atoms with Crippen molar-refractivity contribution in [3.05, 3.63) is 0 Å². The van der Waals surface area contributed by atoms with Crippen molar-refractivity contribution >= 4 is 21.8 Å². The van der Waals surface area contributed by atoms with E-state index in [9.17, 15) is 18.0 Å². The van der Waals surface area contributed by atoms with Crippen LogP contribution in [0.4, 0.5) is 4.79 Å². The SMILES string of the molecule is CCN(C(=O)NCCS(=O)(=O)CC)C(C)CC(=O)O. The van der Waals surface area contributed by atoms with Crippen molar-refractivity contribution < 1.29 is 23.1 Å². The summed E-state index contributed by atoms with van der Waals surface area (Å²) in [7, 11) is -3.11. The van der Waals surface area contributed by atoms with E-state index in [1.165, 1.54) is 4.90 Å². The summed E-state index contributed by atoms with van der Waals surface area (Å²) in [6, 6.07) is -0.882. The number of hydrogen-bond donors (Lipinski definition) is 2. The number of urea groups is 1. The number of amides is 2. The second kappa shape index (κ2) is 7.98. The van der Waals surface area contributed by atoms with Gasteiger partial charge in [-0.15, -0.1) is 0 Å². The lowest BCUT2D eigenvalue weighted by Gasteiger charge is -2.27. The molecule has 0 spiro atoms. The van der Waals surface area contributed by atoms with E-state index < -0.39 is 27.9 Å². The van der Waals surface area contributed by atoms with E-state index in [0.717, 1.165) is 0 Å². The van der Waals surface area contributed by atoms with Crippen LogP contribution in [0, 0.1) is 0 Å². The molecule has 0 aliphatic rings. The van der Waals surface area contributed by atoms with Crippen LogP contribution >= 0.6 is 0 Å². The molecule has 0 radical (unpaired) electrons. The van der Waals surface area contributed by atoms with Crippen LogP contribution in [-0.2, 0) is 14.6 Å². The van der Waals surface area contributed by atoms with Gasteiger partial charge in [-0.1, -0.05) is 6.92 Å². The Balaban J connectivity index is 4.33. The standard InChI is InChI=1S/C11H22N2O5S/c1-4-13(9(3)8-10(14)15)11(16)12-6-7-19(17,18)5-2/h9H,4-8H2,1-3H3,(H,12,16)(H,14,15). The van der Waals surface area contributed by atoms with Gasteiger partial charge in [0.2, 0.25) is 0 Å². The van der Waals surface area contributed by atoms with Gasteiger partial charge in [-0.3, -0.25) is 4.79 Å². The summed E-state index contributed by atoms with van der Waals surface area (Å²) in [6.07, 6.45) is -0.144. The molecule has 0 aromatic heterocycles. The maximum atomic E-state index is 11.8. The lowest BCUT2D eigenvalue weighted by atomic mass is 10.2. The van der Waals surface area contributed by atoms with Crippen LogP contribution in [0.2, 0.25) is 0 Å². The second-order valence-corrected chi connectivity index (χ2v) is 6.67. The van der Waals surface area contributed by atoms with Gasteiger partial charge in [0, 0.05) is 24.9 Å². The van der Waals surface area contributed by atoms with Gasteiger partial charge in [0.15, 0.2) is 9.84 Å². The molecule has 0 saturated heterocycles. The van der Waals surface area contributed by atoms with Crippen LogP contribution in [-0.4, -0.2) is 61.1 Å². The number of carboxylic acids is 1. The van der Waals surface area contributed by atoms with Crippen molar-refractivity contribution in [2.24, 2.45) is 0 Å². The fourth-order valence-corrected chi connectivity index (χ4v) is 2.28. The van der Waals surface area contributed by atoms with Crippen LogP contribution in [0.1, 0.15) is 27.2 Å². The molecule has 0 bridgehead atoms. The molecule has 0 aliphatic heterocycles. The van der Waals surface area contributed by atoms with Crippen molar-refractivity contribution in [1.29, 1.82) is 0 Å². The summed E-state index contributed by atoms with van der Waals surface area (Å²) < 4.78 is 22.5. The number of nitrogens with one attached hydrogen (secondary N) is 1. The zero-order valence-corrected chi connectivity index (χ0v) is 12.4. The number of aliphatic carboxylic acids is 1. The number of carbonyl (C=O) groups excluding carboxylic acids is 1. The fourth-order valence-electron chi connectivity index (χ4n) is 1.58. The molecule has 19 heavy (non-hydrogen) atoms. The average molecular weight is 294 g/mol. The topological polar surface area (TPSA) is 104 Å². The Morgan fingerprint density at radius 1 is 1.32 bits per heavy atom. The van der Waals surface area contributed by atoms with Crippen LogP contribution in [0.5, 0.6) is 0 Å². The first-order valence-electron chi connectivity index (χ1n) is 6.20. The number of rotatable bonds is 8. The zero-order chi connectivity index (χ0) is 15.1. The molecule has 7 nitrogen and oxygen atoms in total. The summed E-state index contributed by atoms with van der Waals surface area (Å²) in [4.78, 5) is 23.8. The molecule has 2 amide bonds. The third kappa shape index (κ3) is 7.00. The van der Waals surface area contributed by atoms with Crippen molar-refractivity contribution in [1.82, 2.24) is 10.2 Å². The highest BCUT2D eigenvalue weighted by molar-refractivity contribution is 7.91. The van der Waals surface area contributed by atoms with Crippen LogP contribution < -0.4 is 5.32 Å². The van der Waals surface area contributed by atoms with Crippen LogP contribution in [0.3, 0.4) is 0 Å². The molecule has 0 aromatic carbocycles. The lowest BCUT2D eigenvalue weighted by Crippen LogP contribution is -2.46. The quantitative estimate of drug-likeness (QED) is 0.671. The second-order valence-electron chi connectivity index (χ2n) is 4.20. The fraction of sp³-hybridized carbons (Fsp3) is 0.818. The minimum absolute atomic E-state index is 0.0330. The molecule has 8 heteroatoms. The highest BCUT2D eigenvalue weighted by Gasteiger charge is 2.20. The van der Waals surface area contributed by atoms with Gasteiger partial charge in [0.25, 0.3) is 0 Å². The predicted octanol–water partition coefficient (Wildman–Crippen LogP) is 0.316. The molecule has 1 atom stereocenters. The Kier molecular flexibility index (Phi) is 7.43. The Labute approximate surface area is 113 Å². The van der Waals surface area contributed by atoms with E-state index in [4.69, 9.17) is 5.11 Å². The van der Waals surface area contributed by atoms with Gasteiger partial charge >= 0.3 is 12.0 Å². The molecule has 0 fully saturated rings. The van der Waals surface area contributed by atoms with Gasteiger partial charge in [0.1, 0.15) is 0 Å². The Morgan fingerprint density at radius 3 is 2.32 bits per heavy atom. The predicted molar refractivity (Wildman–Crippen MR) is 71.8 cm³/mol. The van der Waals surface area contributed by atoms with Gasteiger partial charge in [-0.2, -0.15) is 0 Å². The van der Waals surface area contributed by atoms with Gasteiger partial charge in [-0.05, 0) is 13.8 Å². The summed E-state index contributed by atoms with van der Waals surface area (Å²) in [5.41, 5.74) is 0. The largest absolute Gasteiger partial charge is 0.481 e. The van der Waals surface area contributed by atoms with Crippen LogP contribution in [0.15, 0.2) is 0 Å². The number of carbonyl (C=O) groups is 2. The van der Waals surface area contributed by atoms with Crippen LogP contribution in [0.25, 0.3) is 0 Å². The molecule has 2 N–H and O–H groups in total. The van der Waals surface area contributed by atoms with Crippen molar-refractivity contribution in [3.8, 4) is 0 Å². The van der Waals surface area contributed by atoms with E-state index in [1.807, 2.05) is 0 Å². The molecule has 112 valence electrons. The van der Waals surface area contributed by atoms with Crippen molar-refractivity contribution in [2.75, 3.05) is 24.6 Å². The highest BCUT2D eigenvalue weighted by atomic mass is 32.2. The molecule has 0 saturated carbocycles.